The average Bonchev–Trinajstić information content (AvgIpc) is 2.42. The van der Waals surface area contributed by atoms with Gasteiger partial charge >= 0.3 is 0 Å². The van der Waals surface area contributed by atoms with Crippen LogP contribution < -0.4 is 5.73 Å². The first kappa shape index (κ1) is 14.2. The number of hydrogen-bond donors (Lipinski definition) is 1. The molecule has 2 aromatic carbocycles. The van der Waals surface area contributed by atoms with Crippen LogP contribution in [0.25, 0.3) is 0 Å². The molecule has 1 unspecified atom stereocenters. The van der Waals surface area contributed by atoms with Crippen LogP contribution in [0.15, 0.2) is 53.4 Å². The van der Waals surface area contributed by atoms with E-state index in [9.17, 15) is 0 Å². The lowest BCUT2D eigenvalue weighted by atomic mass is 9.97. The predicted octanol–water partition coefficient (Wildman–Crippen LogP) is 3.97. The second kappa shape index (κ2) is 6.78. The summed E-state index contributed by atoms with van der Waals surface area (Å²) in [5.41, 5.74) is 10.4. The Kier molecular flexibility index (Phi) is 5.06. The fraction of sp³-hybridized carbons (Fsp3) is 0.294. The highest BCUT2D eigenvalue weighted by Crippen LogP contribution is 2.20. The Morgan fingerprint density at radius 2 is 1.58 bits per heavy atom. The van der Waals surface area contributed by atoms with Crippen molar-refractivity contribution in [1.82, 2.24) is 0 Å². The first-order valence-electron chi connectivity index (χ1n) is 6.65. The Hall–Kier alpha value is -1.25. The number of rotatable bonds is 5. The lowest BCUT2D eigenvalue weighted by molar-refractivity contribution is 0.741. The summed E-state index contributed by atoms with van der Waals surface area (Å²) in [6.45, 7) is 4.33. The third kappa shape index (κ3) is 4.12. The molecule has 0 heterocycles. The molecule has 0 amide bonds. The van der Waals surface area contributed by atoms with Crippen LogP contribution in [0.1, 0.15) is 16.7 Å². The Balaban J connectivity index is 1.93. The van der Waals surface area contributed by atoms with Crippen molar-refractivity contribution < 1.29 is 0 Å². The number of aryl methyl sites for hydroxylation is 2. The summed E-state index contributed by atoms with van der Waals surface area (Å²) in [6.07, 6.45) is 0.957. The van der Waals surface area contributed by atoms with Gasteiger partial charge in [0.25, 0.3) is 0 Å². The standard InChI is InChI=1S/C17H21NS/c1-13-7-6-8-14(2)17(13)11-15(18)12-19-16-9-4-3-5-10-16/h3-10,15H,11-12,18H2,1-2H3. The minimum absolute atomic E-state index is 0.199. The molecular formula is C17H21NS. The summed E-state index contributed by atoms with van der Waals surface area (Å²) in [4.78, 5) is 1.29. The molecular weight excluding hydrogens is 250 g/mol. The monoisotopic (exact) mass is 271 g/mol. The number of benzene rings is 2. The van der Waals surface area contributed by atoms with Gasteiger partial charge < -0.3 is 5.73 Å². The molecule has 1 atom stereocenters. The Morgan fingerprint density at radius 1 is 0.947 bits per heavy atom. The van der Waals surface area contributed by atoms with E-state index in [4.69, 9.17) is 5.73 Å². The van der Waals surface area contributed by atoms with Gasteiger partial charge in [0.2, 0.25) is 0 Å². The van der Waals surface area contributed by atoms with Crippen LogP contribution in [0.4, 0.5) is 0 Å². The molecule has 2 heteroatoms. The van der Waals surface area contributed by atoms with Crippen LogP contribution in [-0.4, -0.2) is 11.8 Å². The van der Waals surface area contributed by atoms with Crippen molar-refractivity contribution in [3.05, 3.63) is 65.2 Å². The molecule has 2 rings (SSSR count). The molecule has 0 aromatic heterocycles. The molecule has 0 bridgehead atoms. The Bertz CT molecular complexity index is 502. The predicted molar refractivity (Wildman–Crippen MR) is 84.8 cm³/mol. The molecule has 2 N–H and O–H groups in total. The van der Waals surface area contributed by atoms with E-state index >= 15 is 0 Å². The number of hydrogen-bond acceptors (Lipinski definition) is 2. The van der Waals surface area contributed by atoms with Crippen LogP contribution in [0, 0.1) is 13.8 Å². The Labute approximate surface area is 120 Å². The largest absolute Gasteiger partial charge is 0.327 e. The van der Waals surface area contributed by atoms with Crippen molar-refractivity contribution in [3.8, 4) is 0 Å². The second-order valence-corrected chi connectivity index (χ2v) is 6.05. The van der Waals surface area contributed by atoms with Gasteiger partial charge in [0, 0.05) is 16.7 Å². The summed E-state index contributed by atoms with van der Waals surface area (Å²) in [5.74, 6) is 0.956. The van der Waals surface area contributed by atoms with E-state index in [0.29, 0.717) is 0 Å². The van der Waals surface area contributed by atoms with Crippen molar-refractivity contribution >= 4 is 11.8 Å². The second-order valence-electron chi connectivity index (χ2n) is 4.96. The van der Waals surface area contributed by atoms with E-state index < -0.39 is 0 Å². The third-order valence-electron chi connectivity index (χ3n) is 3.32. The van der Waals surface area contributed by atoms with Gasteiger partial charge in [-0.2, -0.15) is 0 Å². The molecule has 0 saturated heterocycles. The molecule has 0 aliphatic carbocycles. The maximum absolute atomic E-state index is 6.27. The van der Waals surface area contributed by atoms with Gasteiger partial charge in [0.1, 0.15) is 0 Å². The molecule has 0 radical (unpaired) electrons. The molecule has 0 spiro atoms. The van der Waals surface area contributed by atoms with E-state index in [2.05, 4.69) is 56.3 Å². The van der Waals surface area contributed by atoms with Crippen LogP contribution in [0.2, 0.25) is 0 Å². The number of thioether (sulfide) groups is 1. The minimum atomic E-state index is 0.199. The summed E-state index contributed by atoms with van der Waals surface area (Å²) in [5, 5.41) is 0. The number of nitrogens with two attached hydrogens (primary N) is 1. The summed E-state index contributed by atoms with van der Waals surface area (Å²) >= 11 is 1.83. The molecule has 1 nitrogen and oxygen atoms in total. The van der Waals surface area contributed by atoms with E-state index in [0.717, 1.165) is 12.2 Å². The van der Waals surface area contributed by atoms with Gasteiger partial charge in [-0.15, -0.1) is 11.8 Å². The maximum Gasteiger partial charge on any atom is 0.0174 e. The summed E-state index contributed by atoms with van der Waals surface area (Å²) in [6, 6.07) is 17.1. The van der Waals surface area contributed by atoms with Gasteiger partial charge in [0.15, 0.2) is 0 Å². The topological polar surface area (TPSA) is 26.0 Å². The van der Waals surface area contributed by atoms with Gasteiger partial charge in [-0.1, -0.05) is 36.4 Å². The maximum atomic E-state index is 6.27. The van der Waals surface area contributed by atoms with Crippen LogP contribution in [0.5, 0.6) is 0 Å². The zero-order valence-corrected chi connectivity index (χ0v) is 12.4. The fourth-order valence-corrected chi connectivity index (χ4v) is 3.09. The first-order valence-corrected chi connectivity index (χ1v) is 7.64. The van der Waals surface area contributed by atoms with Gasteiger partial charge in [-0.05, 0) is 49.1 Å². The summed E-state index contributed by atoms with van der Waals surface area (Å²) in [7, 11) is 0. The smallest absolute Gasteiger partial charge is 0.0174 e. The highest BCUT2D eigenvalue weighted by atomic mass is 32.2. The lowest BCUT2D eigenvalue weighted by Crippen LogP contribution is -2.26. The molecule has 0 aliphatic heterocycles. The van der Waals surface area contributed by atoms with Crippen LogP contribution in [-0.2, 0) is 6.42 Å². The fourth-order valence-electron chi connectivity index (χ4n) is 2.21. The highest BCUT2D eigenvalue weighted by Gasteiger charge is 2.09. The van der Waals surface area contributed by atoms with Gasteiger partial charge in [0.05, 0.1) is 0 Å². The van der Waals surface area contributed by atoms with Crippen LogP contribution in [0.3, 0.4) is 0 Å². The van der Waals surface area contributed by atoms with E-state index in [-0.39, 0.29) is 6.04 Å². The molecule has 0 saturated carbocycles. The van der Waals surface area contributed by atoms with Gasteiger partial charge in [-0.3, -0.25) is 0 Å². The van der Waals surface area contributed by atoms with Crippen LogP contribution >= 0.6 is 11.8 Å². The quantitative estimate of drug-likeness (QED) is 0.833. The van der Waals surface area contributed by atoms with Crippen molar-refractivity contribution in [1.29, 1.82) is 0 Å². The van der Waals surface area contributed by atoms with E-state index in [1.54, 1.807) is 0 Å². The molecule has 2 aromatic rings. The van der Waals surface area contributed by atoms with Crippen molar-refractivity contribution in [2.75, 3.05) is 5.75 Å². The highest BCUT2D eigenvalue weighted by molar-refractivity contribution is 7.99. The van der Waals surface area contributed by atoms with Crippen molar-refractivity contribution in [3.63, 3.8) is 0 Å². The molecule has 0 fully saturated rings. The molecule has 19 heavy (non-hydrogen) atoms. The zero-order chi connectivity index (χ0) is 13.7. The average molecular weight is 271 g/mol. The first-order chi connectivity index (χ1) is 9.16. The zero-order valence-electron chi connectivity index (χ0n) is 11.6. The van der Waals surface area contributed by atoms with Gasteiger partial charge in [-0.25, -0.2) is 0 Å². The van der Waals surface area contributed by atoms with E-state index in [1.807, 2.05) is 17.8 Å². The normalized spacial score (nSPS) is 12.4. The molecule has 100 valence electrons. The Morgan fingerprint density at radius 3 is 2.21 bits per heavy atom. The third-order valence-corrected chi connectivity index (χ3v) is 4.52. The van der Waals surface area contributed by atoms with E-state index in [1.165, 1.54) is 21.6 Å². The molecule has 0 aliphatic rings. The van der Waals surface area contributed by atoms with Crippen molar-refractivity contribution in [2.45, 2.75) is 31.2 Å². The SMILES string of the molecule is Cc1cccc(C)c1CC(N)CSc1ccccc1. The van der Waals surface area contributed by atoms with Crippen molar-refractivity contribution in [2.24, 2.45) is 5.73 Å². The summed E-state index contributed by atoms with van der Waals surface area (Å²) < 4.78 is 0. The minimum Gasteiger partial charge on any atom is -0.327 e. The lowest BCUT2D eigenvalue weighted by Gasteiger charge is -2.15.